The van der Waals surface area contributed by atoms with E-state index in [4.69, 9.17) is 4.74 Å². The molecule has 0 saturated carbocycles. The molecule has 1 heterocycles. The molecule has 0 radical (unpaired) electrons. The molecule has 0 fully saturated rings. The van der Waals surface area contributed by atoms with Gasteiger partial charge < -0.3 is 15.0 Å². The summed E-state index contributed by atoms with van der Waals surface area (Å²) in [6.45, 7) is 5.88. The number of carbonyl (C=O) groups is 1. The SMILES string of the molecule is C=CCN=C1NC(CCc2ccccc2)C(C(=O)OC)=C(C)N1Cc1cccc(C(F)(F)F)c1. The normalized spacial score (nSPS) is 17.5. The molecule has 0 bridgehead atoms. The minimum atomic E-state index is -4.44. The molecule has 5 nitrogen and oxygen atoms in total. The highest BCUT2D eigenvalue weighted by atomic mass is 19.4. The predicted molar refractivity (Wildman–Crippen MR) is 126 cm³/mol. The standard InChI is InChI=1S/C26H28F3N3O2/c1-4-15-30-25-31-22(14-13-19-9-6-5-7-10-19)23(24(33)34-3)18(2)32(25)17-20-11-8-12-21(16-20)26(27,28)29/h4-12,16,22H,1,13-15,17H2,2-3H3,(H,30,31). The van der Waals surface area contributed by atoms with Crippen LogP contribution in [-0.2, 0) is 28.7 Å². The predicted octanol–water partition coefficient (Wildman–Crippen LogP) is 5.10. The zero-order chi connectivity index (χ0) is 24.7. The van der Waals surface area contributed by atoms with Gasteiger partial charge in [-0.3, -0.25) is 0 Å². The van der Waals surface area contributed by atoms with Crippen molar-refractivity contribution in [3.8, 4) is 0 Å². The number of benzene rings is 2. The molecule has 0 aliphatic carbocycles. The van der Waals surface area contributed by atoms with Crippen LogP contribution >= 0.6 is 0 Å². The molecule has 34 heavy (non-hydrogen) atoms. The summed E-state index contributed by atoms with van der Waals surface area (Å²) in [5.74, 6) is -0.0135. The van der Waals surface area contributed by atoms with Crippen LogP contribution in [0.3, 0.4) is 0 Å². The lowest BCUT2D eigenvalue weighted by Crippen LogP contribution is -2.52. The largest absolute Gasteiger partial charge is 0.466 e. The van der Waals surface area contributed by atoms with E-state index in [2.05, 4.69) is 16.9 Å². The molecule has 2 aromatic carbocycles. The Kier molecular flexibility index (Phi) is 8.15. The Balaban J connectivity index is 1.97. The summed E-state index contributed by atoms with van der Waals surface area (Å²) in [5, 5.41) is 3.32. The monoisotopic (exact) mass is 471 g/mol. The summed E-state index contributed by atoms with van der Waals surface area (Å²) in [7, 11) is 1.31. The van der Waals surface area contributed by atoms with E-state index in [-0.39, 0.29) is 12.6 Å². The van der Waals surface area contributed by atoms with Crippen molar-refractivity contribution < 1.29 is 22.7 Å². The number of nitrogens with one attached hydrogen (secondary N) is 1. The number of aliphatic imine (C=N–C) groups is 1. The van der Waals surface area contributed by atoms with Crippen LogP contribution in [-0.4, -0.2) is 36.5 Å². The van der Waals surface area contributed by atoms with Gasteiger partial charge in [-0.05, 0) is 43.0 Å². The van der Waals surface area contributed by atoms with Gasteiger partial charge in [0.1, 0.15) is 0 Å². The number of hydrogen-bond donors (Lipinski definition) is 1. The second kappa shape index (κ2) is 11.0. The van der Waals surface area contributed by atoms with Crippen LogP contribution in [0.5, 0.6) is 0 Å². The van der Waals surface area contributed by atoms with E-state index in [9.17, 15) is 18.0 Å². The number of hydrogen-bond acceptors (Lipinski definition) is 3. The van der Waals surface area contributed by atoms with E-state index in [1.807, 2.05) is 30.3 Å². The molecular formula is C26H28F3N3O2. The molecule has 0 aromatic heterocycles. The summed E-state index contributed by atoms with van der Waals surface area (Å²) in [6.07, 6.45) is -1.49. The number of halogens is 3. The Morgan fingerprint density at radius 3 is 2.53 bits per heavy atom. The quantitative estimate of drug-likeness (QED) is 0.430. The van der Waals surface area contributed by atoms with Crippen LogP contribution in [0.1, 0.15) is 30.0 Å². The zero-order valence-electron chi connectivity index (χ0n) is 19.2. The van der Waals surface area contributed by atoms with Gasteiger partial charge in [0, 0.05) is 5.70 Å². The Morgan fingerprint density at radius 1 is 1.18 bits per heavy atom. The molecule has 0 amide bonds. The molecule has 1 atom stereocenters. The number of esters is 1. The van der Waals surface area contributed by atoms with E-state index >= 15 is 0 Å². The minimum absolute atomic E-state index is 0.102. The van der Waals surface area contributed by atoms with Gasteiger partial charge in [-0.25, -0.2) is 9.79 Å². The molecule has 0 saturated heterocycles. The fourth-order valence-electron chi connectivity index (χ4n) is 3.94. The number of alkyl halides is 3. The van der Waals surface area contributed by atoms with Gasteiger partial charge in [0.05, 0.1) is 37.4 Å². The fraction of sp³-hybridized carbons (Fsp3) is 0.308. The van der Waals surface area contributed by atoms with E-state index in [0.29, 0.717) is 42.2 Å². The summed E-state index contributed by atoms with van der Waals surface area (Å²) in [4.78, 5) is 19.0. The van der Waals surface area contributed by atoms with E-state index in [1.165, 1.54) is 13.2 Å². The van der Waals surface area contributed by atoms with Crippen molar-refractivity contribution in [2.75, 3.05) is 13.7 Å². The van der Waals surface area contributed by atoms with Crippen molar-refractivity contribution in [2.45, 2.75) is 38.5 Å². The van der Waals surface area contributed by atoms with Gasteiger partial charge in [-0.15, -0.1) is 6.58 Å². The number of aryl methyl sites for hydroxylation is 1. The molecule has 1 N–H and O–H groups in total. The number of guanidine groups is 1. The number of ether oxygens (including phenoxy) is 1. The highest BCUT2D eigenvalue weighted by molar-refractivity contribution is 5.95. The molecule has 1 unspecified atom stereocenters. The Morgan fingerprint density at radius 2 is 1.88 bits per heavy atom. The van der Waals surface area contributed by atoms with Crippen LogP contribution < -0.4 is 5.32 Å². The maximum atomic E-state index is 13.2. The van der Waals surface area contributed by atoms with Crippen molar-refractivity contribution in [2.24, 2.45) is 4.99 Å². The van der Waals surface area contributed by atoms with E-state index in [1.54, 1.807) is 24.0 Å². The lowest BCUT2D eigenvalue weighted by Gasteiger charge is -2.38. The molecule has 1 aliphatic heterocycles. The number of rotatable bonds is 8. The van der Waals surface area contributed by atoms with Crippen molar-refractivity contribution in [3.63, 3.8) is 0 Å². The average molecular weight is 472 g/mol. The molecule has 0 spiro atoms. The van der Waals surface area contributed by atoms with Crippen LogP contribution in [0.2, 0.25) is 0 Å². The van der Waals surface area contributed by atoms with Gasteiger partial charge >= 0.3 is 12.1 Å². The minimum Gasteiger partial charge on any atom is -0.466 e. The molecular weight excluding hydrogens is 443 g/mol. The highest BCUT2D eigenvalue weighted by Crippen LogP contribution is 2.31. The third kappa shape index (κ3) is 6.07. The van der Waals surface area contributed by atoms with Crippen LogP contribution in [0, 0.1) is 0 Å². The molecule has 3 rings (SSSR count). The topological polar surface area (TPSA) is 53.9 Å². The van der Waals surface area contributed by atoms with Crippen LogP contribution in [0.15, 0.2) is 83.5 Å². The van der Waals surface area contributed by atoms with Crippen molar-refractivity contribution in [1.29, 1.82) is 0 Å². The van der Waals surface area contributed by atoms with Crippen molar-refractivity contribution >= 4 is 11.9 Å². The highest BCUT2D eigenvalue weighted by Gasteiger charge is 2.35. The molecule has 1 aliphatic rings. The first-order valence-electron chi connectivity index (χ1n) is 10.9. The third-order valence-electron chi connectivity index (χ3n) is 5.64. The van der Waals surface area contributed by atoms with Gasteiger partial charge in [-0.2, -0.15) is 13.2 Å². The van der Waals surface area contributed by atoms with Gasteiger partial charge in [-0.1, -0.05) is 48.5 Å². The third-order valence-corrected chi connectivity index (χ3v) is 5.64. The van der Waals surface area contributed by atoms with Gasteiger partial charge in [0.2, 0.25) is 0 Å². The number of allylic oxidation sites excluding steroid dienone is 1. The van der Waals surface area contributed by atoms with E-state index in [0.717, 1.165) is 17.7 Å². The zero-order valence-corrected chi connectivity index (χ0v) is 19.2. The number of methoxy groups -OCH3 is 1. The lowest BCUT2D eigenvalue weighted by molar-refractivity contribution is -0.138. The molecule has 8 heteroatoms. The van der Waals surface area contributed by atoms with E-state index < -0.39 is 17.7 Å². The summed E-state index contributed by atoms with van der Waals surface area (Å²) < 4.78 is 44.7. The first kappa shape index (κ1) is 25.1. The lowest BCUT2D eigenvalue weighted by atomic mass is 9.95. The maximum absolute atomic E-state index is 13.2. The average Bonchev–Trinajstić information content (AvgIpc) is 2.83. The summed E-state index contributed by atoms with van der Waals surface area (Å²) in [6, 6.07) is 14.7. The smallest absolute Gasteiger partial charge is 0.416 e. The Hall–Kier alpha value is -3.55. The Labute approximate surface area is 197 Å². The summed E-state index contributed by atoms with van der Waals surface area (Å²) >= 11 is 0. The fourth-order valence-corrected chi connectivity index (χ4v) is 3.94. The van der Waals surface area contributed by atoms with Crippen LogP contribution in [0.4, 0.5) is 13.2 Å². The van der Waals surface area contributed by atoms with Gasteiger partial charge in [0.25, 0.3) is 0 Å². The van der Waals surface area contributed by atoms with Gasteiger partial charge in [0.15, 0.2) is 5.96 Å². The van der Waals surface area contributed by atoms with Crippen molar-refractivity contribution in [1.82, 2.24) is 10.2 Å². The maximum Gasteiger partial charge on any atom is 0.416 e. The number of carbonyl (C=O) groups excluding carboxylic acids is 1. The second-order valence-electron chi connectivity index (χ2n) is 7.95. The van der Waals surface area contributed by atoms with Crippen molar-refractivity contribution in [3.05, 3.63) is 95.2 Å². The van der Waals surface area contributed by atoms with Crippen LogP contribution in [0.25, 0.3) is 0 Å². The molecule has 2 aromatic rings. The first-order valence-corrected chi connectivity index (χ1v) is 10.9. The second-order valence-corrected chi connectivity index (χ2v) is 7.95. The molecule has 180 valence electrons. The number of nitrogens with zero attached hydrogens (tertiary/aromatic N) is 2. The summed E-state index contributed by atoms with van der Waals surface area (Å²) in [5.41, 5.74) is 1.86. The Bertz CT molecular complexity index is 1080. The first-order chi connectivity index (χ1) is 16.2.